The first-order valence-electron chi connectivity index (χ1n) is 6.41. The summed E-state index contributed by atoms with van der Waals surface area (Å²) in [4.78, 5) is 0. The van der Waals surface area contributed by atoms with Crippen LogP contribution in [0.15, 0.2) is 0 Å². The van der Waals surface area contributed by atoms with Gasteiger partial charge in [-0.05, 0) is 6.42 Å². The summed E-state index contributed by atoms with van der Waals surface area (Å²) in [6.45, 7) is 0.563. The van der Waals surface area contributed by atoms with Crippen LogP contribution in [-0.4, -0.2) is 31.7 Å². The molecular weight excluding hydrogens is 325 g/mol. The summed E-state index contributed by atoms with van der Waals surface area (Å²) < 4.78 is 93.7. The van der Waals surface area contributed by atoms with Gasteiger partial charge in [0.05, 0.1) is 0 Å². The van der Waals surface area contributed by atoms with Gasteiger partial charge in [0.15, 0.2) is 12.7 Å². The van der Waals surface area contributed by atoms with Gasteiger partial charge in [0.1, 0.15) is 0 Å². The van der Waals surface area contributed by atoms with E-state index in [0.717, 1.165) is 12.8 Å². The standard InChI is InChI=1S/C11H19F6O3P/c1-3-4-5-6-7-9(11(15,16)17)20-21(2,18)19-8-10(12,13)14/h9H,3-8H2,1-2H3/t9-,21+/m0/s1. The van der Waals surface area contributed by atoms with Gasteiger partial charge in [0.2, 0.25) is 0 Å². The van der Waals surface area contributed by atoms with Gasteiger partial charge in [-0.25, -0.2) is 0 Å². The third kappa shape index (κ3) is 11.0. The van der Waals surface area contributed by atoms with E-state index in [1.807, 2.05) is 6.92 Å². The van der Waals surface area contributed by atoms with Crippen LogP contribution in [0.4, 0.5) is 26.3 Å². The average molecular weight is 344 g/mol. The van der Waals surface area contributed by atoms with E-state index in [2.05, 4.69) is 9.05 Å². The van der Waals surface area contributed by atoms with Gasteiger partial charge in [0, 0.05) is 6.66 Å². The molecule has 0 aromatic rings. The van der Waals surface area contributed by atoms with Crippen molar-refractivity contribution >= 4 is 7.60 Å². The minimum atomic E-state index is -4.81. The predicted octanol–water partition coefficient (Wildman–Crippen LogP) is 5.31. The first-order chi connectivity index (χ1) is 9.37. The van der Waals surface area contributed by atoms with Crippen molar-refractivity contribution in [2.24, 2.45) is 0 Å². The SMILES string of the molecule is CCCCCC[C@H](O[P@](C)(=O)OCC(F)(F)F)C(F)(F)F. The summed E-state index contributed by atoms with van der Waals surface area (Å²) in [6.07, 6.45) is -10.2. The average Bonchev–Trinajstić information content (AvgIpc) is 2.28. The molecule has 0 N–H and O–H groups in total. The predicted molar refractivity (Wildman–Crippen MR) is 65.2 cm³/mol. The van der Waals surface area contributed by atoms with Gasteiger partial charge in [-0.15, -0.1) is 0 Å². The van der Waals surface area contributed by atoms with Gasteiger partial charge >= 0.3 is 19.9 Å². The minimum Gasteiger partial charge on any atom is -0.299 e. The van der Waals surface area contributed by atoms with E-state index >= 15 is 0 Å². The number of halogens is 6. The highest BCUT2D eigenvalue weighted by atomic mass is 31.2. The summed E-state index contributed by atoms with van der Waals surface area (Å²) in [6, 6.07) is 0. The zero-order chi connectivity index (χ0) is 16.7. The molecule has 10 heteroatoms. The molecule has 0 heterocycles. The molecule has 0 unspecified atom stereocenters. The van der Waals surface area contributed by atoms with Crippen LogP contribution in [0.25, 0.3) is 0 Å². The van der Waals surface area contributed by atoms with Gasteiger partial charge in [-0.2, -0.15) is 26.3 Å². The minimum absolute atomic E-state index is 0.178. The maximum Gasteiger partial charge on any atom is 0.415 e. The van der Waals surface area contributed by atoms with Crippen LogP contribution in [0.5, 0.6) is 0 Å². The summed E-state index contributed by atoms with van der Waals surface area (Å²) in [5, 5.41) is 0. The first kappa shape index (κ1) is 20.7. The summed E-state index contributed by atoms with van der Waals surface area (Å²) in [7, 11) is -4.44. The number of rotatable bonds is 9. The molecule has 0 aliphatic rings. The summed E-state index contributed by atoms with van der Waals surface area (Å²) in [5.41, 5.74) is 0. The maximum absolute atomic E-state index is 12.7. The molecular formula is C11H19F6O3P. The van der Waals surface area contributed by atoms with Crippen LogP contribution in [0.2, 0.25) is 0 Å². The Morgan fingerprint density at radius 1 is 1.05 bits per heavy atom. The second-order valence-electron chi connectivity index (χ2n) is 4.64. The van der Waals surface area contributed by atoms with E-state index in [4.69, 9.17) is 0 Å². The monoisotopic (exact) mass is 344 g/mol. The zero-order valence-electron chi connectivity index (χ0n) is 11.8. The smallest absolute Gasteiger partial charge is 0.299 e. The molecule has 0 aromatic heterocycles. The third-order valence-electron chi connectivity index (χ3n) is 2.47. The van der Waals surface area contributed by atoms with Gasteiger partial charge in [-0.1, -0.05) is 32.6 Å². The summed E-state index contributed by atoms with van der Waals surface area (Å²) >= 11 is 0. The highest BCUT2D eigenvalue weighted by Gasteiger charge is 2.44. The van der Waals surface area contributed by atoms with Crippen molar-refractivity contribution in [1.29, 1.82) is 0 Å². The Bertz CT molecular complexity index is 342. The molecule has 21 heavy (non-hydrogen) atoms. The van der Waals surface area contributed by atoms with Crippen molar-refractivity contribution in [3.05, 3.63) is 0 Å². The molecule has 128 valence electrons. The number of alkyl halides is 6. The van der Waals surface area contributed by atoms with Crippen molar-refractivity contribution < 1.29 is 40.0 Å². The first-order valence-corrected chi connectivity index (χ1v) is 8.40. The number of unbranched alkanes of at least 4 members (excludes halogenated alkanes) is 3. The van der Waals surface area contributed by atoms with Crippen molar-refractivity contribution in [3.63, 3.8) is 0 Å². The number of hydrogen-bond donors (Lipinski definition) is 0. The molecule has 0 rings (SSSR count). The van der Waals surface area contributed by atoms with E-state index < -0.39 is 39.1 Å². The quantitative estimate of drug-likeness (QED) is 0.323. The molecule has 0 spiro atoms. The molecule has 0 aliphatic carbocycles. The highest BCUT2D eigenvalue weighted by Crippen LogP contribution is 2.49. The Morgan fingerprint density at radius 3 is 2.05 bits per heavy atom. The largest absolute Gasteiger partial charge is 0.415 e. The lowest BCUT2D eigenvalue weighted by Gasteiger charge is -2.24. The summed E-state index contributed by atoms with van der Waals surface area (Å²) in [5.74, 6) is 0. The third-order valence-corrected chi connectivity index (χ3v) is 3.70. The Kier molecular flexibility index (Phi) is 8.28. The van der Waals surface area contributed by atoms with Crippen LogP contribution in [0.3, 0.4) is 0 Å². The van der Waals surface area contributed by atoms with Crippen molar-refractivity contribution in [2.75, 3.05) is 13.3 Å². The van der Waals surface area contributed by atoms with E-state index in [1.54, 1.807) is 0 Å². The Hall–Kier alpha value is -0.270. The van der Waals surface area contributed by atoms with Crippen LogP contribution in [0, 0.1) is 0 Å². The molecule has 0 amide bonds. The van der Waals surface area contributed by atoms with Crippen molar-refractivity contribution in [3.8, 4) is 0 Å². The fraction of sp³-hybridized carbons (Fsp3) is 1.00. The lowest BCUT2D eigenvalue weighted by atomic mass is 10.1. The van der Waals surface area contributed by atoms with Gasteiger partial charge < -0.3 is 0 Å². The molecule has 3 nitrogen and oxygen atoms in total. The van der Waals surface area contributed by atoms with Crippen LogP contribution in [-0.2, 0) is 13.6 Å². The van der Waals surface area contributed by atoms with Crippen molar-refractivity contribution in [1.82, 2.24) is 0 Å². The lowest BCUT2D eigenvalue weighted by Crippen LogP contribution is -2.31. The van der Waals surface area contributed by atoms with E-state index in [-0.39, 0.29) is 6.42 Å². The normalized spacial score (nSPS) is 17.5. The second-order valence-corrected chi connectivity index (χ2v) is 6.66. The van der Waals surface area contributed by atoms with Crippen LogP contribution in [0.1, 0.15) is 39.0 Å². The fourth-order valence-electron chi connectivity index (χ4n) is 1.48. The second kappa shape index (κ2) is 8.39. The molecule has 0 saturated heterocycles. The topological polar surface area (TPSA) is 35.5 Å². The van der Waals surface area contributed by atoms with E-state index in [0.29, 0.717) is 13.1 Å². The Morgan fingerprint density at radius 2 is 1.62 bits per heavy atom. The van der Waals surface area contributed by atoms with E-state index in [9.17, 15) is 30.9 Å². The Balaban J connectivity index is 4.54. The van der Waals surface area contributed by atoms with Crippen LogP contribution >= 0.6 is 7.60 Å². The Labute approximate surface area is 119 Å². The highest BCUT2D eigenvalue weighted by molar-refractivity contribution is 7.53. The molecule has 0 bridgehead atoms. The fourth-order valence-corrected chi connectivity index (χ4v) is 2.61. The van der Waals surface area contributed by atoms with Gasteiger partial charge in [-0.3, -0.25) is 13.6 Å². The molecule has 0 fully saturated rings. The van der Waals surface area contributed by atoms with Gasteiger partial charge in [0.25, 0.3) is 0 Å². The van der Waals surface area contributed by atoms with E-state index in [1.165, 1.54) is 0 Å². The molecule has 0 radical (unpaired) electrons. The maximum atomic E-state index is 12.7. The molecule has 0 aliphatic heterocycles. The molecule has 0 saturated carbocycles. The molecule has 2 atom stereocenters. The zero-order valence-corrected chi connectivity index (χ0v) is 12.7. The molecule has 0 aromatic carbocycles. The lowest BCUT2D eigenvalue weighted by molar-refractivity contribution is -0.201. The number of hydrogen-bond acceptors (Lipinski definition) is 3. The van der Waals surface area contributed by atoms with Crippen molar-refractivity contribution in [2.45, 2.75) is 57.5 Å². The van der Waals surface area contributed by atoms with Crippen LogP contribution < -0.4 is 0 Å².